The van der Waals surface area contributed by atoms with E-state index in [4.69, 9.17) is 0 Å². The summed E-state index contributed by atoms with van der Waals surface area (Å²) in [6.07, 6.45) is 0. The Kier molecular flexibility index (Phi) is 3.56. The van der Waals surface area contributed by atoms with Crippen molar-refractivity contribution in [3.8, 4) is 0 Å². The number of hydrogen-bond donors (Lipinski definition) is 2. The van der Waals surface area contributed by atoms with Crippen molar-refractivity contribution in [3.05, 3.63) is 78.4 Å². The van der Waals surface area contributed by atoms with Crippen LogP contribution in [0.1, 0.15) is 11.6 Å². The number of hydrogen-bond acceptors (Lipinski definition) is 2. The van der Waals surface area contributed by atoms with Gasteiger partial charge in [-0.25, -0.2) is 4.79 Å². The molecule has 0 bridgehead atoms. The molecule has 21 heavy (non-hydrogen) atoms. The van der Waals surface area contributed by atoms with Gasteiger partial charge in [0, 0.05) is 5.69 Å². The van der Waals surface area contributed by atoms with Crippen molar-refractivity contribution in [3.63, 3.8) is 0 Å². The Hall–Kier alpha value is -2.81. The average molecular weight is 277 g/mol. The molecule has 3 rings (SSSR count). The summed E-state index contributed by atoms with van der Waals surface area (Å²) in [5.41, 5.74) is 1.53. The van der Waals surface area contributed by atoms with Gasteiger partial charge in [0.25, 0.3) is 0 Å². The van der Waals surface area contributed by atoms with Crippen LogP contribution < -0.4 is 5.32 Å². The van der Waals surface area contributed by atoms with Crippen molar-refractivity contribution in [2.45, 2.75) is 6.04 Å². The fraction of sp³-hybridized carbons (Fsp3) is 0.0556. The van der Waals surface area contributed by atoms with Crippen molar-refractivity contribution in [2.75, 3.05) is 5.32 Å². The molecule has 0 aliphatic carbocycles. The molecule has 0 saturated heterocycles. The lowest BCUT2D eigenvalue weighted by molar-refractivity contribution is -0.138. The molecule has 3 nitrogen and oxygen atoms in total. The molecule has 0 amide bonds. The van der Waals surface area contributed by atoms with Gasteiger partial charge in [0.2, 0.25) is 0 Å². The molecule has 0 heterocycles. The summed E-state index contributed by atoms with van der Waals surface area (Å²) in [6.45, 7) is 0. The number of carboxylic acid groups (broad SMARTS) is 1. The first-order chi connectivity index (χ1) is 10.2. The van der Waals surface area contributed by atoms with Gasteiger partial charge in [-0.2, -0.15) is 0 Å². The molecule has 0 aromatic heterocycles. The molecule has 0 radical (unpaired) electrons. The second-order valence-corrected chi connectivity index (χ2v) is 4.89. The Balaban J connectivity index is 1.93. The van der Waals surface area contributed by atoms with Gasteiger partial charge in [-0.1, -0.05) is 60.7 Å². The number of anilines is 1. The molecule has 0 spiro atoms. The highest BCUT2D eigenvalue weighted by Gasteiger charge is 2.19. The van der Waals surface area contributed by atoms with E-state index < -0.39 is 12.0 Å². The van der Waals surface area contributed by atoms with Gasteiger partial charge in [0.15, 0.2) is 6.04 Å². The minimum atomic E-state index is -0.894. The van der Waals surface area contributed by atoms with Crippen LogP contribution in [0.5, 0.6) is 0 Å². The van der Waals surface area contributed by atoms with Crippen LogP contribution in [0.2, 0.25) is 0 Å². The number of rotatable bonds is 4. The topological polar surface area (TPSA) is 49.3 Å². The summed E-state index contributed by atoms with van der Waals surface area (Å²) in [6, 6.07) is 22.3. The largest absolute Gasteiger partial charge is 0.479 e. The summed E-state index contributed by atoms with van der Waals surface area (Å²) in [5.74, 6) is -0.894. The van der Waals surface area contributed by atoms with Crippen LogP contribution in [0, 0.1) is 0 Å². The summed E-state index contributed by atoms with van der Waals surface area (Å²) >= 11 is 0. The highest BCUT2D eigenvalue weighted by molar-refractivity contribution is 5.87. The Bertz CT molecular complexity index is 768. The molecule has 1 atom stereocenters. The highest BCUT2D eigenvalue weighted by Crippen LogP contribution is 2.23. The summed E-state index contributed by atoms with van der Waals surface area (Å²) in [4.78, 5) is 11.5. The Morgan fingerprint density at radius 1 is 0.857 bits per heavy atom. The molecule has 2 N–H and O–H groups in total. The number of fused-ring (bicyclic) bond motifs is 1. The van der Waals surface area contributed by atoms with E-state index >= 15 is 0 Å². The molecule has 3 heteroatoms. The molecule has 0 aliphatic rings. The van der Waals surface area contributed by atoms with Crippen LogP contribution in [0.25, 0.3) is 10.8 Å². The average Bonchev–Trinajstić information content (AvgIpc) is 2.53. The van der Waals surface area contributed by atoms with E-state index in [1.54, 1.807) is 0 Å². The van der Waals surface area contributed by atoms with Crippen LogP contribution in [-0.2, 0) is 4.79 Å². The fourth-order valence-corrected chi connectivity index (χ4v) is 2.38. The third-order valence-electron chi connectivity index (χ3n) is 3.44. The van der Waals surface area contributed by atoms with Crippen molar-refractivity contribution in [1.29, 1.82) is 0 Å². The van der Waals surface area contributed by atoms with Crippen molar-refractivity contribution < 1.29 is 9.90 Å². The lowest BCUT2D eigenvalue weighted by Crippen LogP contribution is -2.20. The zero-order valence-corrected chi connectivity index (χ0v) is 11.4. The first-order valence-electron chi connectivity index (χ1n) is 6.77. The Morgan fingerprint density at radius 3 is 2.24 bits per heavy atom. The minimum absolute atomic E-state index is 0.734. The lowest BCUT2D eigenvalue weighted by Gasteiger charge is -2.16. The SMILES string of the molecule is O=C(O)[C@@H](Nc1ccc2ccccc2c1)c1ccccc1. The van der Waals surface area contributed by atoms with Crippen molar-refractivity contribution >= 4 is 22.4 Å². The predicted octanol–water partition coefficient (Wildman–Crippen LogP) is 4.08. The van der Waals surface area contributed by atoms with E-state index in [1.807, 2.05) is 72.8 Å². The van der Waals surface area contributed by atoms with E-state index in [0.717, 1.165) is 22.0 Å². The van der Waals surface area contributed by atoms with Crippen LogP contribution >= 0.6 is 0 Å². The molecule has 104 valence electrons. The zero-order chi connectivity index (χ0) is 14.7. The molecular formula is C18H15NO2. The smallest absolute Gasteiger partial charge is 0.330 e. The summed E-state index contributed by atoms with van der Waals surface area (Å²) in [7, 11) is 0. The van der Waals surface area contributed by atoms with Crippen LogP contribution in [0.4, 0.5) is 5.69 Å². The maximum atomic E-state index is 11.5. The Morgan fingerprint density at radius 2 is 1.52 bits per heavy atom. The van der Waals surface area contributed by atoms with Crippen molar-refractivity contribution in [2.24, 2.45) is 0 Å². The van der Waals surface area contributed by atoms with Gasteiger partial charge in [0.05, 0.1) is 0 Å². The van der Waals surface area contributed by atoms with E-state index in [9.17, 15) is 9.90 Å². The number of aliphatic carboxylic acids is 1. The maximum Gasteiger partial charge on any atom is 0.330 e. The normalized spacial score (nSPS) is 12.0. The molecule has 0 aliphatic heterocycles. The van der Waals surface area contributed by atoms with Gasteiger partial charge < -0.3 is 10.4 Å². The highest BCUT2D eigenvalue weighted by atomic mass is 16.4. The van der Waals surface area contributed by atoms with E-state index in [1.165, 1.54) is 0 Å². The van der Waals surface area contributed by atoms with Gasteiger partial charge in [-0.05, 0) is 28.5 Å². The van der Waals surface area contributed by atoms with E-state index in [0.29, 0.717) is 0 Å². The van der Waals surface area contributed by atoms with Gasteiger partial charge in [-0.15, -0.1) is 0 Å². The van der Waals surface area contributed by atoms with Crippen LogP contribution in [0.15, 0.2) is 72.8 Å². The molecule has 0 saturated carbocycles. The maximum absolute atomic E-state index is 11.5. The van der Waals surface area contributed by atoms with Gasteiger partial charge >= 0.3 is 5.97 Å². The molecule has 0 fully saturated rings. The lowest BCUT2D eigenvalue weighted by atomic mass is 10.1. The number of carbonyl (C=O) groups is 1. The number of carboxylic acids is 1. The van der Waals surface area contributed by atoms with E-state index in [2.05, 4.69) is 5.32 Å². The quantitative estimate of drug-likeness (QED) is 0.755. The minimum Gasteiger partial charge on any atom is -0.479 e. The molecule has 0 unspecified atom stereocenters. The molecule has 3 aromatic carbocycles. The third kappa shape index (κ3) is 2.87. The first-order valence-corrected chi connectivity index (χ1v) is 6.77. The Labute approximate surface area is 122 Å². The molecule has 3 aromatic rings. The van der Waals surface area contributed by atoms with Gasteiger partial charge in [0.1, 0.15) is 0 Å². The zero-order valence-electron chi connectivity index (χ0n) is 11.4. The summed E-state index contributed by atoms with van der Waals surface area (Å²) in [5, 5.41) is 14.7. The van der Waals surface area contributed by atoms with Gasteiger partial charge in [-0.3, -0.25) is 0 Å². The fourth-order valence-electron chi connectivity index (χ4n) is 2.38. The predicted molar refractivity (Wildman–Crippen MR) is 84.4 cm³/mol. The van der Waals surface area contributed by atoms with Crippen LogP contribution in [0.3, 0.4) is 0 Å². The monoisotopic (exact) mass is 277 g/mol. The van der Waals surface area contributed by atoms with E-state index in [-0.39, 0.29) is 0 Å². The second kappa shape index (κ2) is 5.67. The van der Waals surface area contributed by atoms with Crippen molar-refractivity contribution in [1.82, 2.24) is 0 Å². The first kappa shape index (κ1) is 13.2. The summed E-state index contributed by atoms with van der Waals surface area (Å²) < 4.78 is 0. The standard InChI is InChI=1S/C18H15NO2/c20-18(21)17(14-7-2-1-3-8-14)19-16-11-10-13-6-4-5-9-15(13)12-16/h1-12,17,19H,(H,20,21)/t17-/m0/s1. The third-order valence-corrected chi connectivity index (χ3v) is 3.44. The molecular weight excluding hydrogens is 262 g/mol. The number of nitrogens with one attached hydrogen (secondary N) is 1. The second-order valence-electron chi connectivity index (χ2n) is 4.89. The number of benzene rings is 3. The van der Waals surface area contributed by atoms with Crippen LogP contribution in [-0.4, -0.2) is 11.1 Å².